The first-order valence-electron chi connectivity index (χ1n) is 17.9. The molecule has 3 aliphatic rings. The third-order valence-corrected chi connectivity index (χ3v) is 12.2. The number of nitrogens with zero attached hydrogens (tertiary/aromatic N) is 2. The lowest BCUT2D eigenvalue weighted by atomic mass is 9.87. The Hall–Kier alpha value is -5.78. The maximum atomic E-state index is 6.69. The van der Waals surface area contributed by atoms with E-state index in [4.69, 9.17) is 9.15 Å². The number of thiophene rings is 1. The fourth-order valence-electron chi connectivity index (χ4n) is 8.74. The lowest BCUT2D eigenvalue weighted by Gasteiger charge is -2.31. The van der Waals surface area contributed by atoms with Gasteiger partial charge >= 0.3 is 0 Å². The molecule has 1 aliphatic carbocycles. The Morgan fingerprint density at radius 2 is 1.31 bits per heavy atom. The van der Waals surface area contributed by atoms with Crippen LogP contribution in [0.5, 0.6) is 0 Å². The molecule has 2 aromatic heterocycles. The van der Waals surface area contributed by atoms with Gasteiger partial charge in [-0.1, -0.05) is 72.8 Å². The lowest BCUT2D eigenvalue weighted by Crippen LogP contribution is -2.34. The topological polar surface area (TPSA) is 28.9 Å². The molecular weight excluding hydrogens is 645 g/mol. The van der Waals surface area contributed by atoms with Crippen LogP contribution in [-0.2, 0) is 4.74 Å². The molecule has 246 valence electrons. The van der Waals surface area contributed by atoms with Crippen LogP contribution in [0.15, 0.2) is 162 Å². The molecule has 8 aromatic rings. The Bertz CT molecular complexity index is 2620. The second-order valence-electron chi connectivity index (χ2n) is 13.9. The van der Waals surface area contributed by atoms with Gasteiger partial charge in [-0.25, -0.2) is 0 Å². The summed E-state index contributed by atoms with van der Waals surface area (Å²) in [5.74, 6) is 2.46. The Morgan fingerprint density at radius 3 is 2.16 bits per heavy atom. The molecule has 1 saturated heterocycles. The highest BCUT2D eigenvalue weighted by Crippen LogP contribution is 2.59. The summed E-state index contributed by atoms with van der Waals surface area (Å²) < 4.78 is 15.9. The van der Waals surface area contributed by atoms with Gasteiger partial charge in [-0.05, 0) is 109 Å². The molecule has 51 heavy (non-hydrogen) atoms. The average molecular weight is 679 g/mol. The molecule has 0 bridgehead atoms. The molecule has 0 amide bonds. The monoisotopic (exact) mass is 678 g/mol. The van der Waals surface area contributed by atoms with Crippen LogP contribution < -0.4 is 9.80 Å². The molecule has 4 nitrogen and oxygen atoms in total. The van der Waals surface area contributed by atoms with Gasteiger partial charge in [-0.15, -0.1) is 11.3 Å². The van der Waals surface area contributed by atoms with Crippen molar-refractivity contribution in [2.24, 2.45) is 5.92 Å². The van der Waals surface area contributed by atoms with Crippen LogP contribution in [0.2, 0.25) is 0 Å². The van der Waals surface area contributed by atoms with Crippen LogP contribution >= 0.6 is 11.3 Å². The molecular formula is C46H34N2O2S. The van der Waals surface area contributed by atoms with Gasteiger partial charge in [0.25, 0.3) is 0 Å². The summed E-state index contributed by atoms with van der Waals surface area (Å²) in [6, 6.07) is 52.9. The number of rotatable bonds is 5. The Balaban J connectivity index is 1.04. The zero-order chi connectivity index (χ0) is 33.5. The van der Waals surface area contributed by atoms with Gasteiger partial charge in [-0.2, -0.15) is 0 Å². The molecule has 1 fully saturated rings. The van der Waals surface area contributed by atoms with Crippen molar-refractivity contribution in [2.75, 3.05) is 9.80 Å². The maximum Gasteiger partial charge on any atom is 0.179 e. The van der Waals surface area contributed by atoms with E-state index in [9.17, 15) is 0 Å². The highest BCUT2D eigenvalue weighted by Gasteiger charge is 2.55. The molecule has 11 rings (SSSR count). The van der Waals surface area contributed by atoms with Gasteiger partial charge in [0.1, 0.15) is 5.58 Å². The number of benzene rings is 6. The minimum atomic E-state index is -0.104. The predicted molar refractivity (Wildman–Crippen MR) is 211 cm³/mol. The van der Waals surface area contributed by atoms with Crippen molar-refractivity contribution >= 4 is 70.9 Å². The van der Waals surface area contributed by atoms with Crippen LogP contribution in [0.4, 0.5) is 28.4 Å². The number of anilines is 5. The lowest BCUT2D eigenvalue weighted by molar-refractivity contribution is 0.139. The van der Waals surface area contributed by atoms with Crippen molar-refractivity contribution in [2.45, 2.75) is 31.4 Å². The molecule has 6 aromatic carbocycles. The molecule has 4 heterocycles. The van der Waals surface area contributed by atoms with E-state index in [0.29, 0.717) is 5.92 Å². The number of fused-ring (bicyclic) bond motifs is 10. The molecule has 5 heteroatoms. The summed E-state index contributed by atoms with van der Waals surface area (Å²) in [6.07, 6.45) is 5.62. The second kappa shape index (κ2) is 11.4. The van der Waals surface area contributed by atoms with Crippen LogP contribution in [-0.4, -0.2) is 6.04 Å². The standard InChI is InChI=1S/C46H34N2O2S/c1-2-10-29(11-3-1)30-18-20-31(21-19-30)47(34-26-27-42-38(28-34)35-12-6-9-17-41(35)51-42)32-22-24-33(25-23-32)48-43-36-13-4-7-15-39(36)49-45(43)46-44(48)37-14-5-8-16-40(37)50-46/h1-4,6-7,9-13,15-28,37,44,46H,5,8,14H2. The van der Waals surface area contributed by atoms with E-state index in [1.165, 1.54) is 37.7 Å². The highest BCUT2D eigenvalue weighted by molar-refractivity contribution is 7.25. The second-order valence-corrected chi connectivity index (χ2v) is 15.0. The Labute approximate surface area is 300 Å². The number of ether oxygens (including phenoxy) is 1. The van der Waals surface area contributed by atoms with Crippen molar-refractivity contribution in [3.63, 3.8) is 0 Å². The zero-order valence-corrected chi connectivity index (χ0v) is 28.7. The van der Waals surface area contributed by atoms with Gasteiger partial charge in [0, 0.05) is 54.2 Å². The van der Waals surface area contributed by atoms with Crippen molar-refractivity contribution in [1.29, 1.82) is 0 Å². The SMILES string of the molecule is C1=C2OC3c4oc5ccccc5c4N(c4ccc(N(c5ccc(-c6ccccc6)cc5)c5ccc6sc7ccccc7c6c5)cc4)C3C2CCC1. The minimum Gasteiger partial charge on any atom is -0.484 e. The van der Waals surface area contributed by atoms with Gasteiger partial charge in [0.2, 0.25) is 0 Å². The quantitative estimate of drug-likeness (QED) is 0.181. The predicted octanol–water partition coefficient (Wildman–Crippen LogP) is 13.2. The van der Waals surface area contributed by atoms with E-state index in [0.717, 1.165) is 63.8 Å². The van der Waals surface area contributed by atoms with E-state index in [1.54, 1.807) is 0 Å². The van der Waals surface area contributed by atoms with Crippen molar-refractivity contribution < 1.29 is 9.15 Å². The van der Waals surface area contributed by atoms with Gasteiger partial charge < -0.3 is 19.0 Å². The first-order valence-corrected chi connectivity index (χ1v) is 18.7. The zero-order valence-electron chi connectivity index (χ0n) is 27.9. The summed E-state index contributed by atoms with van der Waals surface area (Å²) in [5, 5.41) is 3.73. The number of furan rings is 1. The summed E-state index contributed by atoms with van der Waals surface area (Å²) in [5.41, 5.74) is 9.01. The number of hydrogen-bond donors (Lipinski definition) is 0. The normalized spacial score (nSPS) is 19.2. The van der Waals surface area contributed by atoms with Crippen molar-refractivity contribution in [1.82, 2.24) is 0 Å². The van der Waals surface area contributed by atoms with Gasteiger partial charge in [-0.3, -0.25) is 0 Å². The van der Waals surface area contributed by atoms with E-state index < -0.39 is 0 Å². The first kappa shape index (κ1) is 29.0. The number of hydrogen-bond acceptors (Lipinski definition) is 5. The smallest absolute Gasteiger partial charge is 0.179 e. The van der Waals surface area contributed by atoms with E-state index >= 15 is 0 Å². The van der Waals surface area contributed by atoms with E-state index in [-0.39, 0.29) is 12.1 Å². The molecule has 3 unspecified atom stereocenters. The van der Waals surface area contributed by atoms with E-state index in [1.807, 2.05) is 17.4 Å². The molecule has 0 N–H and O–H groups in total. The molecule has 0 spiro atoms. The average Bonchev–Trinajstić information content (AvgIpc) is 3.94. The Kier molecular flexibility index (Phi) is 6.47. The summed E-state index contributed by atoms with van der Waals surface area (Å²) >= 11 is 1.85. The van der Waals surface area contributed by atoms with Crippen molar-refractivity contribution in [3.8, 4) is 11.1 Å². The fourth-order valence-corrected chi connectivity index (χ4v) is 9.83. The maximum absolute atomic E-state index is 6.69. The van der Waals surface area contributed by atoms with Crippen LogP contribution in [0.3, 0.4) is 0 Å². The van der Waals surface area contributed by atoms with E-state index in [2.05, 4.69) is 155 Å². The minimum absolute atomic E-state index is 0.104. The van der Waals surface area contributed by atoms with Crippen molar-refractivity contribution in [3.05, 3.63) is 163 Å². The van der Waals surface area contributed by atoms with Crippen LogP contribution in [0.25, 0.3) is 42.3 Å². The summed E-state index contributed by atoms with van der Waals surface area (Å²) in [7, 11) is 0. The third-order valence-electron chi connectivity index (χ3n) is 11.0. The summed E-state index contributed by atoms with van der Waals surface area (Å²) in [6.45, 7) is 0. The number of para-hydroxylation sites is 1. The van der Waals surface area contributed by atoms with Crippen LogP contribution in [0.1, 0.15) is 31.1 Å². The first-order chi connectivity index (χ1) is 25.3. The fraction of sp³-hybridized carbons (Fsp3) is 0.130. The number of allylic oxidation sites excluding steroid dienone is 1. The molecule has 2 aliphatic heterocycles. The van der Waals surface area contributed by atoms with Gasteiger partial charge in [0.15, 0.2) is 11.9 Å². The molecule has 3 atom stereocenters. The van der Waals surface area contributed by atoms with Gasteiger partial charge in [0.05, 0.1) is 17.5 Å². The molecule has 0 saturated carbocycles. The third kappa shape index (κ3) is 4.51. The Morgan fingerprint density at radius 1 is 0.627 bits per heavy atom. The van der Waals surface area contributed by atoms with Crippen LogP contribution in [0, 0.1) is 5.92 Å². The summed E-state index contributed by atoms with van der Waals surface area (Å²) in [4.78, 5) is 4.91. The largest absolute Gasteiger partial charge is 0.484 e. The highest BCUT2D eigenvalue weighted by atomic mass is 32.1. The molecule has 0 radical (unpaired) electrons.